The Balaban J connectivity index is -0.0000000747. The summed E-state index contributed by atoms with van der Waals surface area (Å²) in [4.78, 5) is 59.3. The van der Waals surface area contributed by atoms with Crippen molar-refractivity contribution in [1.82, 2.24) is 9.80 Å². The van der Waals surface area contributed by atoms with E-state index in [1.54, 1.807) is 0 Å². The lowest BCUT2D eigenvalue weighted by Crippen LogP contribution is -2.42. The van der Waals surface area contributed by atoms with Crippen LogP contribution in [0.4, 0.5) is 0 Å². The van der Waals surface area contributed by atoms with Gasteiger partial charge in [-0.3, -0.25) is 29.0 Å². The summed E-state index contributed by atoms with van der Waals surface area (Å²) in [6.45, 7) is 7.80. The normalized spacial score (nSPS) is 40.1. The first-order valence-electron chi connectivity index (χ1n) is 21.5. The molecule has 0 spiro atoms. The molecule has 0 aromatic heterocycles. The second-order valence-corrected chi connectivity index (χ2v) is 9.33. The van der Waals surface area contributed by atoms with Crippen molar-refractivity contribution in [2.45, 2.75) is 65.2 Å². The summed E-state index contributed by atoms with van der Waals surface area (Å²) in [6.07, 6.45) is 4.72. The lowest BCUT2D eigenvalue weighted by Gasteiger charge is -2.29. The van der Waals surface area contributed by atoms with Gasteiger partial charge in [0.05, 0.1) is 25.6 Å². The molecule has 34 heavy (non-hydrogen) atoms. The number of amides is 2. The van der Waals surface area contributed by atoms with Crippen LogP contribution < -0.4 is 0 Å². The number of ether oxygens (including phenoxy) is 2. The minimum absolute atomic E-state index is 0. The second kappa shape index (κ2) is 10.7. The van der Waals surface area contributed by atoms with Crippen LogP contribution in [0.3, 0.4) is 0 Å². The molecular formula is C24H54N2O8. The SMILES string of the molecule is C[C@H]1[C@H](C)[C@@H](C=O)O[C@H]1N1C=CC(=O)CC1=O.C[C@H]1[C@H](C)[C@@H](CO)O[C@H]1N1C=CC(=O)CC1=O.[2HH].[2H][2H].[2H][2H].[2H][2H].[2H][2H].[2H][2H].[2H][2H].[2H][2H].[2H][2H].[2H][2H].[2H][2H]. The Bertz CT molecular complexity index is 952. The van der Waals surface area contributed by atoms with Crippen molar-refractivity contribution in [2.75, 3.05) is 6.61 Å². The first-order chi connectivity index (χ1) is 26.1. The molecule has 1 N–H and O–H groups in total. The highest BCUT2D eigenvalue weighted by Crippen LogP contribution is 2.35. The van der Waals surface area contributed by atoms with Gasteiger partial charge in [-0.25, -0.2) is 0 Å². The van der Waals surface area contributed by atoms with Gasteiger partial charge in [0.25, 0.3) is 0 Å². The summed E-state index contributed by atoms with van der Waals surface area (Å²) in [5, 5.41) is 9.18. The molecule has 0 aromatic carbocycles. The summed E-state index contributed by atoms with van der Waals surface area (Å²) in [5.41, 5.74) is 0. The largest absolute Gasteiger partial charge is 0.394 e. The van der Waals surface area contributed by atoms with Crippen LogP contribution in [0.25, 0.3) is 0 Å². The molecule has 10 heteroatoms. The number of aldehydes is 1. The fourth-order valence-corrected chi connectivity index (χ4v) is 4.54. The highest BCUT2D eigenvalue weighted by atomic mass is 16.5. The zero-order valence-electron chi connectivity index (χ0n) is 39.8. The fourth-order valence-electron chi connectivity index (χ4n) is 4.54. The average Bonchev–Trinajstić information content (AvgIpc) is 3.71. The first-order valence-corrected chi connectivity index (χ1v) is 11.5. The van der Waals surface area contributed by atoms with E-state index in [1.807, 2.05) is 27.7 Å². The zero-order chi connectivity index (χ0) is 45.2. The third kappa shape index (κ3) is 5.18. The van der Waals surface area contributed by atoms with E-state index < -0.39 is 12.3 Å². The van der Waals surface area contributed by atoms with Crippen LogP contribution in [0.2, 0.25) is 0 Å². The standard InChI is InChI=1S/C12H17NO4.C12H15NO4.11H2/c2*1-7-8(2)12(17-10(7)6-14)13-4-3-9(15)5-11(13)16;;;;;;;;;;;/h3-4,7-8,10,12,14H,5-6H2,1-2H3;3-4,6-8,10,12H,5H2,1-2H3;11*1H/t2*7-,8-,10+,12+;;;;;;;;;;;/m00.........../s1/i;;10*1+1D;1+1. The van der Waals surface area contributed by atoms with Crippen molar-refractivity contribution in [3.63, 3.8) is 0 Å². The second-order valence-electron chi connectivity index (χ2n) is 9.33. The molecule has 0 aromatic rings. The smallest absolute Gasteiger partial charge is 0.236 e. The minimum Gasteiger partial charge on any atom is -0.394 e. The molecule has 2 fully saturated rings. The Hall–Kier alpha value is -2.69. The van der Waals surface area contributed by atoms with Crippen molar-refractivity contribution in [3.8, 4) is 0 Å². The van der Waals surface area contributed by atoms with E-state index in [0.717, 1.165) is 6.29 Å². The third-order valence-electron chi connectivity index (χ3n) is 7.21. The Morgan fingerprint density at radius 3 is 1.74 bits per heavy atom. The van der Waals surface area contributed by atoms with Gasteiger partial charge in [-0.05, 0) is 24.0 Å². The number of carbonyl (C=O) groups is 5. The molecule has 0 radical (unpaired) electrons. The van der Waals surface area contributed by atoms with Crippen molar-refractivity contribution < 1.29 is 69.7 Å². The van der Waals surface area contributed by atoms with Crippen molar-refractivity contribution >= 4 is 29.7 Å². The molecule has 4 heterocycles. The van der Waals surface area contributed by atoms with Gasteiger partial charge in [-0.2, -0.15) is 0 Å². The lowest BCUT2D eigenvalue weighted by molar-refractivity contribution is -0.147. The molecule has 0 bridgehead atoms. The van der Waals surface area contributed by atoms with Crippen molar-refractivity contribution in [1.29, 1.82) is 0 Å². The summed E-state index contributed by atoms with van der Waals surface area (Å²) in [5.74, 6) is -0.435. The van der Waals surface area contributed by atoms with Crippen LogP contribution in [0.1, 0.15) is 71.7 Å². The molecule has 0 aliphatic carbocycles. The van der Waals surface area contributed by atoms with E-state index >= 15 is 0 Å². The maximum atomic E-state index is 11.8. The van der Waals surface area contributed by atoms with Gasteiger partial charge >= 0.3 is 0 Å². The number of ketones is 2. The van der Waals surface area contributed by atoms with Gasteiger partial charge in [0, 0.05) is 55.4 Å². The fraction of sp³-hybridized carbons (Fsp3) is 0.625. The maximum Gasteiger partial charge on any atom is 0.236 e. The van der Waals surface area contributed by atoms with Gasteiger partial charge in [-0.15, -0.1) is 0 Å². The quantitative estimate of drug-likeness (QED) is 0.441. The van der Waals surface area contributed by atoms with E-state index in [0.29, 0.717) is 0 Å². The highest BCUT2D eigenvalue weighted by Gasteiger charge is 2.44. The molecule has 4 aliphatic heterocycles. The number of nitrogens with zero attached hydrogens (tertiary/aromatic N) is 2. The van der Waals surface area contributed by atoms with E-state index in [1.165, 1.54) is 34.4 Å². The number of aliphatic hydroxyl groups excluding tert-OH is 1. The average molecular weight is 520 g/mol. The molecule has 2 amide bonds. The van der Waals surface area contributed by atoms with Crippen LogP contribution in [0.5, 0.6) is 0 Å². The molecule has 4 rings (SSSR count). The number of carbonyl (C=O) groups excluding carboxylic acids is 5. The van der Waals surface area contributed by atoms with E-state index in [2.05, 4.69) is 0 Å². The molecule has 208 valence electrons. The highest BCUT2D eigenvalue weighted by molar-refractivity contribution is 6.07. The first kappa shape index (κ1) is 15.3. The van der Waals surface area contributed by atoms with Crippen molar-refractivity contribution in [3.05, 3.63) is 24.6 Å². The van der Waals surface area contributed by atoms with Gasteiger partial charge in [-0.1, -0.05) is 27.7 Å². The molecule has 2 saturated heterocycles. The summed E-state index contributed by atoms with van der Waals surface area (Å²) in [7, 11) is 0. The monoisotopic (exact) mass is 520 g/mol. The Morgan fingerprint density at radius 2 is 1.35 bits per heavy atom. The van der Waals surface area contributed by atoms with Gasteiger partial charge in [0.1, 0.15) is 24.8 Å². The summed E-state index contributed by atoms with van der Waals surface area (Å²) in [6, 6.07) is 0. The number of hydrogen-bond acceptors (Lipinski definition) is 8. The molecular weight excluding hydrogens is 444 g/mol. The van der Waals surface area contributed by atoms with Crippen LogP contribution in [0.15, 0.2) is 24.6 Å². The zero-order valence-corrected chi connectivity index (χ0v) is 19.8. The number of allylic oxidation sites excluding steroid dienone is 2. The molecule has 4 aliphatic rings. The Kier molecular flexibility index (Phi) is 4.83. The predicted molar refractivity (Wildman–Crippen MR) is 142 cm³/mol. The Labute approximate surface area is 230 Å². The number of rotatable bonds is 4. The van der Waals surface area contributed by atoms with E-state index in [-0.39, 0.29) is 80.3 Å². The number of hydrogen-bond donors (Lipinski definition) is 1. The molecule has 10 nitrogen and oxygen atoms in total. The Morgan fingerprint density at radius 1 is 0.882 bits per heavy atom. The van der Waals surface area contributed by atoms with Gasteiger partial charge in [0.15, 0.2) is 11.6 Å². The van der Waals surface area contributed by atoms with Crippen LogP contribution in [-0.4, -0.2) is 75.8 Å². The predicted octanol–water partition coefficient (Wildman–Crippen LogP) is 3.49. The molecule has 0 unspecified atom stereocenters. The summed E-state index contributed by atoms with van der Waals surface area (Å²) < 4.78 is 111. The van der Waals surface area contributed by atoms with E-state index in [9.17, 15) is 29.1 Å². The van der Waals surface area contributed by atoms with E-state index in [4.69, 9.17) is 39.2 Å². The summed E-state index contributed by atoms with van der Waals surface area (Å²) >= 11 is 0. The maximum absolute atomic E-state index is 11.8. The van der Waals surface area contributed by atoms with Crippen LogP contribution >= 0.6 is 0 Å². The molecule has 0 saturated carbocycles. The van der Waals surface area contributed by atoms with Gasteiger partial charge in [0.2, 0.25) is 11.8 Å². The number of aliphatic hydroxyl groups is 1. The van der Waals surface area contributed by atoms with Gasteiger partial charge < -0.3 is 19.4 Å². The van der Waals surface area contributed by atoms with Crippen LogP contribution in [-0.2, 0) is 33.4 Å². The molecule has 8 atom stereocenters. The van der Waals surface area contributed by atoms with Crippen LogP contribution in [0, 0.1) is 23.7 Å². The van der Waals surface area contributed by atoms with Crippen molar-refractivity contribution in [2.24, 2.45) is 23.7 Å². The minimum atomic E-state index is -0.478. The third-order valence-corrected chi connectivity index (χ3v) is 7.21. The lowest BCUT2D eigenvalue weighted by atomic mass is 9.92. The topological polar surface area (TPSA) is 131 Å².